The fourth-order valence-corrected chi connectivity index (χ4v) is 5.31. The lowest BCUT2D eigenvalue weighted by atomic mass is 9.82. The van der Waals surface area contributed by atoms with Crippen LogP contribution in [0.25, 0.3) is 22.2 Å². The Morgan fingerprint density at radius 1 is 1.09 bits per heavy atom. The molecule has 1 aliphatic rings. The van der Waals surface area contributed by atoms with Gasteiger partial charge >= 0.3 is 0 Å². The molecule has 0 aliphatic heterocycles. The van der Waals surface area contributed by atoms with Crippen molar-refractivity contribution in [3.05, 3.63) is 76.4 Å². The van der Waals surface area contributed by atoms with Gasteiger partial charge in [0.2, 0.25) is 0 Å². The molecular weight excluding hydrogens is 452 g/mol. The number of aromatic nitrogens is 3. The molecule has 7 heteroatoms. The van der Waals surface area contributed by atoms with Gasteiger partial charge in [-0.1, -0.05) is 72.8 Å². The van der Waals surface area contributed by atoms with Crippen molar-refractivity contribution in [2.24, 2.45) is 0 Å². The van der Waals surface area contributed by atoms with Crippen LogP contribution in [0.15, 0.2) is 59.8 Å². The SMILES string of the molecule is CC1CCCc2c1nc1nc(SCC(=O)c3ccccc3)nc(N)c1c2-c1ccc(Cl)cc1. The van der Waals surface area contributed by atoms with E-state index in [2.05, 4.69) is 11.9 Å². The Bertz CT molecular complexity index is 1340. The number of nitrogens with zero attached hydrogens (tertiary/aromatic N) is 3. The highest BCUT2D eigenvalue weighted by atomic mass is 35.5. The molecule has 0 bridgehead atoms. The molecule has 0 amide bonds. The van der Waals surface area contributed by atoms with Crippen LogP contribution in [0.1, 0.15) is 47.3 Å². The lowest BCUT2D eigenvalue weighted by Crippen LogP contribution is -2.13. The molecular formula is C26H23ClN4OS. The molecule has 0 saturated carbocycles. The maximum Gasteiger partial charge on any atom is 0.192 e. The number of benzene rings is 2. The van der Waals surface area contributed by atoms with Crippen LogP contribution < -0.4 is 5.73 Å². The van der Waals surface area contributed by atoms with Crippen molar-refractivity contribution in [1.29, 1.82) is 0 Å². The Morgan fingerprint density at radius 2 is 1.85 bits per heavy atom. The fraction of sp³-hybridized carbons (Fsp3) is 0.231. The Kier molecular flexibility index (Phi) is 6.04. The summed E-state index contributed by atoms with van der Waals surface area (Å²) in [6, 6.07) is 17.0. The number of halogens is 1. The molecule has 2 aromatic heterocycles. The topological polar surface area (TPSA) is 81.8 Å². The van der Waals surface area contributed by atoms with E-state index in [0.29, 0.717) is 33.1 Å². The Labute approximate surface area is 201 Å². The number of fused-ring (bicyclic) bond motifs is 2. The Hall–Kier alpha value is -2.96. The smallest absolute Gasteiger partial charge is 0.192 e. The molecule has 166 valence electrons. The second-order valence-corrected chi connectivity index (χ2v) is 9.70. The highest BCUT2D eigenvalue weighted by Crippen LogP contribution is 2.42. The summed E-state index contributed by atoms with van der Waals surface area (Å²) in [4.78, 5) is 26.8. The third-order valence-electron chi connectivity index (χ3n) is 6.08. The van der Waals surface area contributed by atoms with E-state index >= 15 is 0 Å². The minimum Gasteiger partial charge on any atom is -0.383 e. The van der Waals surface area contributed by atoms with E-state index < -0.39 is 0 Å². The maximum absolute atomic E-state index is 12.5. The summed E-state index contributed by atoms with van der Waals surface area (Å²) in [5, 5.41) is 1.91. The first-order valence-electron chi connectivity index (χ1n) is 11.0. The van der Waals surface area contributed by atoms with E-state index in [4.69, 9.17) is 27.3 Å². The van der Waals surface area contributed by atoms with Crippen LogP contribution in [-0.4, -0.2) is 26.5 Å². The number of hydrogen-bond acceptors (Lipinski definition) is 6. The number of nitrogens with two attached hydrogens (primary N) is 1. The monoisotopic (exact) mass is 474 g/mol. The summed E-state index contributed by atoms with van der Waals surface area (Å²) in [6.07, 6.45) is 3.15. The summed E-state index contributed by atoms with van der Waals surface area (Å²) < 4.78 is 0. The van der Waals surface area contributed by atoms with Crippen LogP contribution >= 0.6 is 23.4 Å². The van der Waals surface area contributed by atoms with Gasteiger partial charge in [0.1, 0.15) is 5.82 Å². The second-order valence-electron chi connectivity index (χ2n) is 8.32. The number of hydrogen-bond donors (Lipinski definition) is 1. The van der Waals surface area contributed by atoms with Gasteiger partial charge in [0.05, 0.1) is 11.1 Å². The van der Waals surface area contributed by atoms with E-state index in [-0.39, 0.29) is 11.5 Å². The van der Waals surface area contributed by atoms with Crippen molar-refractivity contribution < 1.29 is 4.79 Å². The first-order chi connectivity index (χ1) is 16.0. The third-order valence-corrected chi connectivity index (χ3v) is 7.18. The zero-order valence-electron chi connectivity index (χ0n) is 18.2. The Balaban J connectivity index is 1.59. The minimum absolute atomic E-state index is 0.0248. The predicted octanol–water partition coefficient (Wildman–Crippen LogP) is 6.34. The van der Waals surface area contributed by atoms with Gasteiger partial charge in [-0.05, 0) is 48.4 Å². The van der Waals surface area contributed by atoms with E-state index in [0.717, 1.165) is 41.5 Å². The molecule has 1 aliphatic carbocycles. The van der Waals surface area contributed by atoms with Gasteiger partial charge in [-0.3, -0.25) is 4.79 Å². The van der Waals surface area contributed by atoms with Crippen LogP contribution in [0.2, 0.25) is 5.02 Å². The average Bonchev–Trinajstić information content (AvgIpc) is 2.83. The number of rotatable bonds is 5. The zero-order chi connectivity index (χ0) is 22.9. The molecule has 5 nitrogen and oxygen atoms in total. The molecule has 5 rings (SSSR count). The number of thioether (sulfide) groups is 1. The largest absolute Gasteiger partial charge is 0.383 e. The number of ketones is 1. The van der Waals surface area contributed by atoms with Crippen molar-refractivity contribution in [2.45, 2.75) is 37.3 Å². The standard InChI is InChI=1S/C26H23ClN4OS/c1-15-6-5-9-19-21(17-10-12-18(27)13-11-17)22-24(28)30-26(31-25(22)29-23(15)19)33-14-20(32)16-7-3-2-4-8-16/h2-4,7-8,10-13,15H,5-6,9,14H2,1H3,(H2,28,29,30,31). The van der Waals surface area contributed by atoms with Crippen LogP contribution in [0, 0.1) is 0 Å². The van der Waals surface area contributed by atoms with Crippen molar-refractivity contribution in [3.63, 3.8) is 0 Å². The van der Waals surface area contributed by atoms with Gasteiger partial charge in [-0.25, -0.2) is 15.0 Å². The van der Waals surface area contributed by atoms with Crippen LogP contribution in [0.3, 0.4) is 0 Å². The number of anilines is 1. The molecule has 4 aromatic rings. The second kappa shape index (κ2) is 9.12. The van der Waals surface area contributed by atoms with Crippen molar-refractivity contribution >= 4 is 46.0 Å². The lowest BCUT2D eigenvalue weighted by Gasteiger charge is -2.25. The molecule has 0 radical (unpaired) electrons. The Morgan fingerprint density at radius 3 is 2.61 bits per heavy atom. The summed E-state index contributed by atoms with van der Waals surface area (Å²) in [5.74, 6) is 0.987. The normalized spacial score (nSPS) is 15.4. The van der Waals surface area contributed by atoms with E-state index in [1.807, 2.05) is 54.6 Å². The summed E-state index contributed by atoms with van der Waals surface area (Å²) in [6.45, 7) is 2.21. The van der Waals surface area contributed by atoms with Gasteiger partial charge in [0.15, 0.2) is 16.6 Å². The average molecular weight is 475 g/mol. The first kappa shape index (κ1) is 21.9. The summed E-state index contributed by atoms with van der Waals surface area (Å²) in [7, 11) is 0. The zero-order valence-corrected chi connectivity index (χ0v) is 19.8. The molecule has 2 aromatic carbocycles. The lowest BCUT2D eigenvalue weighted by molar-refractivity contribution is 0.102. The molecule has 33 heavy (non-hydrogen) atoms. The highest BCUT2D eigenvalue weighted by Gasteiger charge is 2.26. The van der Waals surface area contributed by atoms with E-state index in [9.17, 15) is 4.79 Å². The predicted molar refractivity (Wildman–Crippen MR) is 135 cm³/mol. The molecule has 0 saturated heterocycles. The number of pyridine rings is 1. The van der Waals surface area contributed by atoms with Crippen molar-refractivity contribution in [2.75, 3.05) is 11.5 Å². The highest BCUT2D eigenvalue weighted by molar-refractivity contribution is 7.99. The molecule has 0 fully saturated rings. The first-order valence-corrected chi connectivity index (χ1v) is 12.3. The molecule has 1 atom stereocenters. The van der Waals surface area contributed by atoms with Gasteiger partial charge in [-0.15, -0.1) is 0 Å². The number of carbonyl (C=O) groups is 1. The molecule has 2 heterocycles. The summed E-state index contributed by atoms with van der Waals surface area (Å²) in [5.41, 5.74) is 12.1. The minimum atomic E-state index is 0.0248. The number of Topliss-reactive ketones (excluding diaryl/α,β-unsaturated/α-hetero) is 1. The number of carbonyl (C=O) groups excluding carboxylic acids is 1. The van der Waals surface area contributed by atoms with Crippen LogP contribution in [0.4, 0.5) is 5.82 Å². The number of nitrogen functional groups attached to an aromatic ring is 1. The van der Waals surface area contributed by atoms with Gasteiger partial charge in [0.25, 0.3) is 0 Å². The molecule has 2 N–H and O–H groups in total. The van der Waals surface area contributed by atoms with Gasteiger partial charge in [-0.2, -0.15) is 0 Å². The molecule has 1 unspecified atom stereocenters. The van der Waals surface area contributed by atoms with E-state index in [1.165, 1.54) is 17.3 Å². The third kappa shape index (κ3) is 4.33. The maximum atomic E-state index is 12.5. The van der Waals surface area contributed by atoms with Crippen molar-refractivity contribution in [1.82, 2.24) is 15.0 Å². The van der Waals surface area contributed by atoms with E-state index in [1.54, 1.807) is 0 Å². The van der Waals surface area contributed by atoms with Gasteiger partial charge in [0, 0.05) is 21.8 Å². The van der Waals surface area contributed by atoms with Crippen LogP contribution in [-0.2, 0) is 6.42 Å². The molecule has 0 spiro atoms. The quantitative estimate of drug-likeness (QED) is 0.206. The fourth-order valence-electron chi connectivity index (χ4n) is 4.45. The van der Waals surface area contributed by atoms with Crippen LogP contribution in [0.5, 0.6) is 0 Å². The van der Waals surface area contributed by atoms with Gasteiger partial charge < -0.3 is 5.73 Å². The summed E-state index contributed by atoms with van der Waals surface area (Å²) >= 11 is 7.43. The van der Waals surface area contributed by atoms with Crippen molar-refractivity contribution in [3.8, 4) is 11.1 Å².